The highest BCUT2D eigenvalue weighted by atomic mass is 16.3. The van der Waals surface area contributed by atoms with Gasteiger partial charge in [0.1, 0.15) is 0 Å². The average molecular weight is 148 g/mol. The molecule has 2 rings (SSSR count). The number of hydrogen-bond acceptors (Lipinski definition) is 2. The predicted molar refractivity (Wildman–Crippen MR) is 41.1 cm³/mol. The van der Waals surface area contributed by atoms with Crippen LogP contribution in [0.4, 0.5) is 0 Å². The third-order valence-corrected chi connectivity index (χ3v) is 1.66. The van der Waals surface area contributed by atoms with Crippen molar-refractivity contribution in [2.45, 2.75) is 6.61 Å². The number of aliphatic hydroxyl groups is 1. The summed E-state index contributed by atoms with van der Waals surface area (Å²) >= 11 is 0. The second-order valence-corrected chi connectivity index (χ2v) is 2.42. The van der Waals surface area contributed by atoms with Gasteiger partial charge in [0, 0.05) is 6.20 Å². The van der Waals surface area contributed by atoms with Crippen molar-refractivity contribution in [3.05, 3.63) is 36.4 Å². The Morgan fingerprint density at radius 3 is 3.27 bits per heavy atom. The number of fused-ring (bicyclic) bond motifs is 1. The van der Waals surface area contributed by atoms with Crippen LogP contribution in [0.3, 0.4) is 0 Å². The van der Waals surface area contributed by atoms with Gasteiger partial charge in [0.2, 0.25) is 0 Å². The molecule has 3 heteroatoms. The molecule has 0 saturated carbocycles. The summed E-state index contributed by atoms with van der Waals surface area (Å²) < 4.78 is 1.90. The summed E-state index contributed by atoms with van der Waals surface area (Å²) in [4.78, 5) is 3.96. The maximum absolute atomic E-state index is 8.80. The quantitative estimate of drug-likeness (QED) is 0.650. The summed E-state index contributed by atoms with van der Waals surface area (Å²) in [5.41, 5.74) is 1.93. The largest absolute Gasteiger partial charge is 0.392 e. The molecule has 1 N–H and O–H groups in total. The highest BCUT2D eigenvalue weighted by Gasteiger charge is 1.93. The van der Waals surface area contributed by atoms with Gasteiger partial charge < -0.3 is 9.51 Å². The lowest BCUT2D eigenvalue weighted by Gasteiger charge is -1.96. The first-order valence-electron chi connectivity index (χ1n) is 3.41. The summed E-state index contributed by atoms with van der Waals surface area (Å²) in [7, 11) is 0. The molecule has 0 spiro atoms. The van der Waals surface area contributed by atoms with Crippen LogP contribution < -0.4 is 0 Å². The third kappa shape index (κ3) is 0.991. The zero-order valence-electron chi connectivity index (χ0n) is 5.94. The summed E-state index contributed by atoms with van der Waals surface area (Å²) in [5.74, 6) is 0. The van der Waals surface area contributed by atoms with Gasteiger partial charge in [-0.15, -0.1) is 0 Å². The number of hydrogen-bond donors (Lipinski definition) is 1. The number of nitrogens with zero attached hydrogens (tertiary/aromatic N) is 2. The van der Waals surface area contributed by atoms with Crippen molar-refractivity contribution >= 4 is 5.52 Å². The van der Waals surface area contributed by atoms with Crippen LogP contribution in [0.2, 0.25) is 0 Å². The highest BCUT2D eigenvalue weighted by molar-refractivity contribution is 5.46. The van der Waals surface area contributed by atoms with Gasteiger partial charge in [-0.25, -0.2) is 4.98 Å². The minimum Gasteiger partial charge on any atom is -0.392 e. The lowest BCUT2D eigenvalue weighted by Crippen LogP contribution is -1.85. The molecule has 56 valence electrons. The molecule has 0 saturated heterocycles. The van der Waals surface area contributed by atoms with E-state index >= 15 is 0 Å². The Morgan fingerprint density at radius 1 is 1.55 bits per heavy atom. The standard InChI is InChI=1S/C8H8N2O/c11-5-7-1-2-10-6-9-4-8(10)3-7/h1-4,6,11H,5H2. The highest BCUT2D eigenvalue weighted by Crippen LogP contribution is 2.05. The van der Waals surface area contributed by atoms with Crippen LogP contribution in [0.25, 0.3) is 5.52 Å². The molecule has 0 aliphatic rings. The number of aliphatic hydroxyl groups excluding tert-OH is 1. The fraction of sp³-hybridized carbons (Fsp3) is 0.125. The molecule has 0 radical (unpaired) electrons. The van der Waals surface area contributed by atoms with Crippen LogP contribution in [-0.2, 0) is 6.61 Å². The van der Waals surface area contributed by atoms with E-state index in [4.69, 9.17) is 5.11 Å². The van der Waals surface area contributed by atoms with Crippen molar-refractivity contribution in [2.24, 2.45) is 0 Å². The molecule has 0 aliphatic heterocycles. The SMILES string of the molecule is OCc1ccn2cncc2c1. The summed E-state index contributed by atoms with van der Waals surface area (Å²) in [6.07, 6.45) is 5.38. The molecule has 0 aliphatic carbocycles. The van der Waals surface area contributed by atoms with Gasteiger partial charge in [-0.3, -0.25) is 0 Å². The van der Waals surface area contributed by atoms with E-state index in [1.54, 1.807) is 12.5 Å². The zero-order chi connectivity index (χ0) is 7.68. The van der Waals surface area contributed by atoms with Crippen LogP contribution in [0, 0.1) is 0 Å². The zero-order valence-corrected chi connectivity index (χ0v) is 5.94. The van der Waals surface area contributed by atoms with Gasteiger partial charge in [-0.1, -0.05) is 0 Å². The minimum atomic E-state index is 0.0850. The molecule has 2 heterocycles. The molecule has 2 aromatic rings. The van der Waals surface area contributed by atoms with Crippen LogP contribution >= 0.6 is 0 Å². The van der Waals surface area contributed by atoms with Gasteiger partial charge in [0.05, 0.1) is 24.6 Å². The van der Waals surface area contributed by atoms with E-state index in [1.807, 2.05) is 22.7 Å². The van der Waals surface area contributed by atoms with E-state index in [1.165, 1.54) is 0 Å². The molecular weight excluding hydrogens is 140 g/mol. The van der Waals surface area contributed by atoms with Crippen molar-refractivity contribution in [2.75, 3.05) is 0 Å². The van der Waals surface area contributed by atoms with Crippen LogP contribution in [0.5, 0.6) is 0 Å². The molecule has 0 amide bonds. The van der Waals surface area contributed by atoms with Crippen molar-refractivity contribution in [3.8, 4) is 0 Å². The van der Waals surface area contributed by atoms with Gasteiger partial charge in [-0.05, 0) is 17.7 Å². The summed E-state index contributed by atoms with van der Waals surface area (Å²) in [5, 5.41) is 8.80. The topological polar surface area (TPSA) is 37.5 Å². The van der Waals surface area contributed by atoms with Crippen LogP contribution in [0.15, 0.2) is 30.9 Å². The Labute approximate surface area is 63.9 Å². The van der Waals surface area contributed by atoms with Crippen molar-refractivity contribution in [1.29, 1.82) is 0 Å². The second-order valence-electron chi connectivity index (χ2n) is 2.42. The molecule has 0 aromatic carbocycles. The molecular formula is C8H8N2O. The molecule has 0 bridgehead atoms. The Hall–Kier alpha value is -1.35. The number of pyridine rings is 1. The first-order valence-corrected chi connectivity index (χ1v) is 3.41. The number of imidazole rings is 1. The molecule has 11 heavy (non-hydrogen) atoms. The van der Waals surface area contributed by atoms with Gasteiger partial charge >= 0.3 is 0 Å². The maximum Gasteiger partial charge on any atom is 0.0991 e. The first kappa shape index (κ1) is 6.37. The van der Waals surface area contributed by atoms with E-state index in [-0.39, 0.29) is 6.61 Å². The Bertz CT molecular complexity index is 367. The Kier molecular flexibility index (Phi) is 1.36. The smallest absolute Gasteiger partial charge is 0.0991 e. The van der Waals surface area contributed by atoms with E-state index in [9.17, 15) is 0 Å². The van der Waals surface area contributed by atoms with Crippen LogP contribution in [-0.4, -0.2) is 14.5 Å². The van der Waals surface area contributed by atoms with Crippen LogP contribution in [0.1, 0.15) is 5.56 Å². The van der Waals surface area contributed by atoms with Gasteiger partial charge in [0.25, 0.3) is 0 Å². The molecule has 0 fully saturated rings. The van der Waals surface area contributed by atoms with E-state index in [2.05, 4.69) is 4.98 Å². The Balaban J connectivity index is 2.67. The van der Waals surface area contributed by atoms with Crippen molar-refractivity contribution in [3.63, 3.8) is 0 Å². The van der Waals surface area contributed by atoms with Gasteiger partial charge in [-0.2, -0.15) is 0 Å². The van der Waals surface area contributed by atoms with Crippen molar-refractivity contribution < 1.29 is 5.11 Å². The van der Waals surface area contributed by atoms with E-state index < -0.39 is 0 Å². The molecule has 3 nitrogen and oxygen atoms in total. The fourth-order valence-electron chi connectivity index (χ4n) is 1.06. The van der Waals surface area contributed by atoms with Gasteiger partial charge in [0.15, 0.2) is 0 Å². The maximum atomic E-state index is 8.80. The number of rotatable bonds is 1. The average Bonchev–Trinajstić information content (AvgIpc) is 2.50. The Morgan fingerprint density at radius 2 is 2.45 bits per heavy atom. The van der Waals surface area contributed by atoms with Crippen molar-refractivity contribution in [1.82, 2.24) is 9.38 Å². The second kappa shape index (κ2) is 2.36. The first-order chi connectivity index (χ1) is 5.40. The monoisotopic (exact) mass is 148 g/mol. The van der Waals surface area contributed by atoms with E-state index in [0.29, 0.717) is 0 Å². The normalized spacial score (nSPS) is 10.6. The molecule has 0 atom stereocenters. The number of aromatic nitrogens is 2. The third-order valence-electron chi connectivity index (χ3n) is 1.66. The lowest BCUT2D eigenvalue weighted by atomic mass is 10.2. The summed E-state index contributed by atoms with van der Waals surface area (Å²) in [6.45, 7) is 0.0850. The fourth-order valence-corrected chi connectivity index (χ4v) is 1.06. The molecule has 2 aromatic heterocycles. The summed E-state index contributed by atoms with van der Waals surface area (Å²) in [6, 6.07) is 3.78. The van der Waals surface area contributed by atoms with E-state index in [0.717, 1.165) is 11.1 Å². The lowest BCUT2D eigenvalue weighted by molar-refractivity contribution is 0.282. The minimum absolute atomic E-state index is 0.0850. The predicted octanol–water partition coefficient (Wildman–Crippen LogP) is 0.827. The molecule has 0 unspecified atom stereocenters.